The van der Waals surface area contributed by atoms with Crippen LogP contribution in [0.25, 0.3) is 0 Å². The second-order valence-corrected chi connectivity index (χ2v) is 4.31. The molecule has 3 nitrogen and oxygen atoms in total. The molecule has 4 heteroatoms. The molecule has 2 amide bonds. The normalized spacial score (nSPS) is 29.8. The van der Waals surface area contributed by atoms with Crippen molar-refractivity contribution in [3.8, 4) is 0 Å². The van der Waals surface area contributed by atoms with Crippen molar-refractivity contribution in [2.45, 2.75) is 26.7 Å². The maximum Gasteiger partial charge on any atom is 0.234 e. The monoisotopic (exact) mass is 209 g/mol. The molecule has 1 atom stereocenters. The van der Waals surface area contributed by atoms with E-state index in [0.717, 1.165) is 4.90 Å². The highest BCUT2D eigenvalue weighted by molar-refractivity contribution is 5.99. The summed E-state index contributed by atoms with van der Waals surface area (Å²) in [5.41, 5.74) is 0.0956. The summed E-state index contributed by atoms with van der Waals surface area (Å²) in [7, 11) is 0. The molecular weight excluding hydrogens is 197 g/mol. The minimum absolute atomic E-state index is 0.237. The summed E-state index contributed by atoms with van der Waals surface area (Å²) < 4.78 is 13.1. The first kappa shape index (κ1) is 10.1. The Balaban J connectivity index is 2.48. The number of carbonyl (C=O) groups excluding carboxylic acids is 2. The summed E-state index contributed by atoms with van der Waals surface area (Å²) >= 11 is 0. The molecule has 80 valence electrons. The van der Waals surface area contributed by atoms with E-state index in [4.69, 9.17) is 0 Å². The Bertz CT molecular complexity index is 411. The lowest BCUT2D eigenvalue weighted by Gasteiger charge is -2.27. The van der Waals surface area contributed by atoms with Gasteiger partial charge < -0.3 is 0 Å². The van der Waals surface area contributed by atoms with Crippen LogP contribution in [0.4, 0.5) is 4.39 Å². The quantitative estimate of drug-likeness (QED) is 0.611. The van der Waals surface area contributed by atoms with Crippen LogP contribution in [0.15, 0.2) is 23.7 Å². The van der Waals surface area contributed by atoms with Crippen molar-refractivity contribution >= 4 is 11.8 Å². The number of halogens is 1. The van der Waals surface area contributed by atoms with Gasteiger partial charge in [0.15, 0.2) is 0 Å². The van der Waals surface area contributed by atoms with Gasteiger partial charge in [-0.15, -0.1) is 0 Å². The molecule has 1 heterocycles. The zero-order valence-corrected chi connectivity index (χ0v) is 8.71. The van der Waals surface area contributed by atoms with Crippen molar-refractivity contribution in [3.63, 3.8) is 0 Å². The van der Waals surface area contributed by atoms with Gasteiger partial charge in [0.25, 0.3) is 0 Å². The van der Waals surface area contributed by atoms with Crippen molar-refractivity contribution in [2.24, 2.45) is 5.41 Å². The summed E-state index contributed by atoms with van der Waals surface area (Å²) in [5.74, 6) is -0.951. The van der Waals surface area contributed by atoms with Gasteiger partial charge in [-0.05, 0) is 18.6 Å². The van der Waals surface area contributed by atoms with Gasteiger partial charge in [-0.2, -0.15) is 0 Å². The number of hydrogen-bond donors (Lipinski definition) is 0. The summed E-state index contributed by atoms with van der Waals surface area (Å²) in [6.45, 7) is 3.20. The molecule has 2 rings (SSSR count). The number of nitrogens with zero attached hydrogens (tertiary/aromatic N) is 1. The third-order valence-electron chi connectivity index (χ3n) is 2.99. The fraction of sp³-hybridized carbons (Fsp3) is 0.455. The van der Waals surface area contributed by atoms with E-state index in [9.17, 15) is 14.0 Å². The van der Waals surface area contributed by atoms with Gasteiger partial charge in [-0.25, -0.2) is 4.39 Å². The Morgan fingerprint density at radius 3 is 2.87 bits per heavy atom. The second-order valence-electron chi connectivity index (χ2n) is 4.31. The lowest BCUT2D eigenvalue weighted by molar-refractivity contribution is -0.138. The van der Waals surface area contributed by atoms with E-state index >= 15 is 0 Å². The number of likely N-dealkylation sites (tertiary alicyclic amines) is 1. The molecule has 0 spiro atoms. The SMILES string of the molecule is CC(=O)N1C(=O)CC2(C)CC=C(F)C=C12. The molecule has 2 aliphatic rings. The highest BCUT2D eigenvalue weighted by Crippen LogP contribution is 2.46. The van der Waals surface area contributed by atoms with Crippen LogP contribution >= 0.6 is 0 Å². The van der Waals surface area contributed by atoms with Crippen LogP contribution in [-0.2, 0) is 9.59 Å². The van der Waals surface area contributed by atoms with Gasteiger partial charge in [-0.3, -0.25) is 14.5 Å². The lowest BCUT2D eigenvalue weighted by Crippen LogP contribution is -2.30. The Morgan fingerprint density at radius 2 is 2.27 bits per heavy atom. The van der Waals surface area contributed by atoms with Gasteiger partial charge in [0.1, 0.15) is 5.83 Å². The largest absolute Gasteiger partial charge is 0.274 e. The minimum atomic E-state index is -0.404. The minimum Gasteiger partial charge on any atom is -0.274 e. The van der Waals surface area contributed by atoms with Crippen LogP contribution in [0.1, 0.15) is 26.7 Å². The van der Waals surface area contributed by atoms with Crippen LogP contribution in [-0.4, -0.2) is 16.7 Å². The maximum atomic E-state index is 13.1. The highest BCUT2D eigenvalue weighted by Gasteiger charge is 2.46. The number of rotatable bonds is 0. The molecule has 1 aliphatic heterocycles. The first-order valence-electron chi connectivity index (χ1n) is 4.85. The molecule has 0 aromatic carbocycles. The van der Waals surface area contributed by atoms with Gasteiger partial charge in [-0.1, -0.05) is 6.92 Å². The van der Waals surface area contributed by atoms with E-state index in [1.54, 1.807) is 0 Å². The third kappa shape index (κ3) is 1.40. The summed E-state index contributed by atoms with van der Waals surface area (Å²) in [4.78, 5) is 24.0. The van der Waals surface area contributed by atoms with E-state index in [0.29, 0.717) is 12.1 Å². The average molecular weight is 209 g/mol. The predicted octanol–water partition coefficient (Wildman–Crippen LogP) is 1.91. The van der Waals surface area contributed by atoms with Gasteiger partial charge >= 0.3 is 0 Å². The van der Waals surface area contributed by atoms with Gasteiger partial charge in [0.2, 0.25) is 11.8 Å². The molecule has 15 heavy (non-hydrogen) atoms. The summed E-state index contributed by atoms with van der Waals surface area (Å²) in [6, 6.07) is 0. The van der Waals surface area contributed by atoms with Crippen LogP contribution in [0.5, 0.6) is 0 Å². The van der Waals surface area contributed by atoms with Crippen LogP contribution in [0.2, 0.25) is 0 Å². The lowest BCUT2D eigenvalue weighted by atomic mass is 9.80. The van der Waals surface area contributed by atoms with E-state index in [1.165, 1.54) is 19.1 Å². The van der Waals surface area contributed by atoms with Crippen molar-refractivity contribution in [3.05, 3.63) is 23.7 Å². The second kappa shape index (κ2) is 3.02. The van der Waals surface area contributed by atoms with Crippen molar-refractivity contribution in [1.82, 2.24) is 4.90 Å². The number of carbonyl (C=O) groups is 2. The van der Waals surface area contributed by atoms with Crippen molar-refractivity contribution in [2.75, 3.05) is 0 Å². The standard InChI is InChI=1S/C11H12FNO2/c1-7(14)13-9-5-8(12)3-4-11(9,2)6-10(13)15/h3,5H,4,6H2,1-2H3. The Morgan fingerprint density at radius 1 is 1.60 bits per heavy atom. The molecule has 0 radical (unpaired) electrons. The van der Waals surface area contributed by atoms with E-state index in [2.05, 4.69) is 0 Å². The molecule has 1 saturated heterocycles. The topological polar surface area (TPSA) is 37.4 Å². The number of hydrogen-bond acceptors (Lipinski definition) is 2. The molecule has 1 aliphatic carbocycles. The molecule has 1 fully saturated rings. The number of allylic oxidation sites excluding steroid dienone is 4. The number of amides is 2. The first-order chi connectivity index (χ1) is 6.94. The van der Waals surface area contributed by atoms with E-state index in [-0.39, 0.29) is 24.1 Å². The smallest absolute Gasteiger partial charge is 0.234 e. The van der Waals surface area contributed by atoms with E-state index in [1.807, 2.05) is 6.92 Å². The number of fused-ring (bicyclic) bond motifs is 1. The van der Waals surface area contributed by atoms with Gasteiger partial charge in [0.05, 0.1) is 0 Å². The molecular formula is C11H12FNO2. The molecule has 1 unspecified atom stereocenters. The van der Waals surface area contributed by atoms with Gasteiger partial charge in [0, 0.05) is 24.5 Å². The zero-order valence-electron chi connectivity index (χ0n) is 8.71. The molecule has 0 saturated carbocycles. The molecule has 0 bridgehead atoms. The van der Waals surface area contributed by atoms with Crippen molar-refractivity contribution in [1.29, 1.82) is 0 Å². The Hall–Kier alpha value is -1.45. The fourth-order valence-corrected chi connectivity index (χ4v) is 2.18. The summed E-state index contributed by atoms with van der Waals surface area (Å²) in [6.07, 6.45) is 3.50. The Kier molecular flexibility index (Phi) is 2.03. The van der Waals surface area contributed by atoms with Crippen LogP contribution in [0.3, 0.4) is 0 Å². The molecule has 0 aromatic rings. The molecule has 0 aromatic heterocycles. The van der Waals surface area contributed by atoms with E-state index < -0.39 is 5.41 Å². The predicted molar refractivity (Wildman–Crippen MR) is 52.1 cm³/mol. The fourth-order valence-electron chi connectivity index (χ4n) is 2.18. The Labute approximate surface area is 87.2 Å². The highest BCUT2D eigenvalue weighted by atomic mass is 19.1. The average Bonchev–Trinajstić information content (AvgIpc) is 2.36. The van der Waals surface area contributed by atoms with Crippen molar-refractivity contribution < 1.29 is 14.0 Å². The first-order valence-corrected chi connectivity index (χ1v) is 4.85. The number of imide groups is 1. The zero-order chi connectivity index (χ0) is 11.2. The van der Waals surface area contributed by atoms with Crippen LogP contribution < -0.4 is 0 Å². The maximum absolute atomic E-state index is 13.1. The third-order valence-corrected chi connectivity index (χ3v) is 2.99. The van der Waals surface area contributed by atoms with Crippen LogP contribution in [0, 0.1) is 5.41 Å². The summed E-state index contributed by atoms with van der Waals surface area (Å²) in [5, 5.41) is 0. The molecule has 0 N–H and O–H groups in total.